The molecule has 0 saturated carbocycles. The molecule has 0 radical (unpaired) electrons. The van der Waals surface area contributed by atoms with Crippen LogP contribution in [0.5, 0.6) is 17.2 Å². The van der Waals surface area contributed by atoms with Crippen molar-refractivity contribution in [3.63, 3.8) is 0 Å². The molecule has 3 N–H and O–H groups in total. The van der Waals surface area contributed by atoms with Crippen molar-refractivity contribution < 1.29 is 23.7 Å². The first-order valence-electron chi connectivity index (χ1n) is 9.84. The van der Waals surface area contributed by atoms with Crippen molar-refractivity contribution in [2.45, 2.75) is 39.3 Å². The molecular weight excluding hydrogens is 386 g/mol. The maximum atomic E-state index is 11.5. The molecule has 1 amide bonds. The number of benzene rings is 1. The molecule has 1 aromatic heterocycles. The van der Waals surface area contributed by atoms with Crippen LogP contribution in [-0.4, -0.2) is 37.4 Å². The lowest BCUT2D eigenvalue weighted by Crippen LogP contribution is -2.43. The van der Waals surface area contributed by atoms with Crippen LogP contribution in [0, 0.1) is 5.92 Å². The van der Waals surface area contributed by atoms with Gasteiger partial charge in [0.1, 0.15) is 19.0 Å². The summed E-state index contributed by atoms with van der Waals surface area (Å²) in [4.78, 5) is 15.7. The quantitative estimate of drug-likeness (QED) is 0.705. The van der Waals surface area contributed by atoms with Gasteiger partial charge in [-0.2, -0.15) is 0 Å². The summed E-state index contributed by atoms with van der Waals surface area (Å²) in [5.74, 6) is 2.52. The van der Waals surface area contributed by atoms with Gasteiger partial charge in [-0.3, -0.25) is 5.32 Å². The van der Waals surface area contributed by atoms with Crippen molar-refractivity contribution in [3.05, 3.63) is 30.0 Å². The van der Waals surface area contributed by atoms with Crippen LogP contribution < -0.4 is 25.3 Å². The van der Waals surface area contributed by atoms with Crippen molar-refractivity contribution in [2.75, 3.05) is 26.1 Å². The molecule has 1 aromatic carbocycles. The molecule has 1 aliphatic heterocycles. The molecule has 0 unspecified atom stereocenters. The van der Waals surface area contributed by atoms with Crippen LogP contribution in [0.4, 0.5) is 10.6 Å². The number of ether oxygens (including phenoxy) is 4. The standard InChI is InChI=1S/C22H29N3O5/c1-13(2)9-22(3,23)12-30-17-7-6-15-16-8-18(25-21(26)28-5)24-10-14(16)11-29-19(15)20(17)27-4/h6-8,10,13H,9,11-12,23H2,1-5H3,(H,24,25,26)/t22-/m0/s1. The zero-order valence-electron chi connectivity index (χ0n) is 18.1. The number of nitrogens with zero attached hydrogens (tertiary/aromatic N) is 1. The first kappa shape index (κ1) is 21.7. The Labute approximate surface area is 176 Å². The third-order valence-electron chi connectivity index (χ3n) is 4.78. The Morgan fingerprint density at radius 1 is 1.33 bits per heavy atom. The second kappa shape index (κ2) is 8.79. The van der Waals surface area contributed by atoms with Gasteiger partial charge in [0, 0.05) is 22.9 Å². The highest BCUT2D eigenvalue weighted by Gasteiger charge is 2.27. The normalized spacial score (nSPS) is 14.1. The van der Waals surface area contributed by atoms with E-state index in [4.69, 9.17) is 19.9 Å². The minimum atomic E-state index is -0.581. The SMILES string of the molecule is COC(=O)Nc1cc2c(cn1)COc1c-2ccc(OC[C@@](C)(N)CC(C)C)c1OC. The predicted molar refractivity (Wildman–Crippen MR) is 114 cm³/mol. The summed E-state index contributed by atoms with van der Waals surface area (Å²) in [6.45, 7) is 6.93. The van der Waals surface area contributed by atoms with E-state index in [0.29, 0.717) is 42.2 Å². The van der Waals surface area contributed by atoms with Crippen LogP contribution in [0.2, 0.25) is 0 Å². The summed E-state index contributed by atoms with van der Waals surface area (Å²) in [6.07, 6.45) is 1.93. The van der Waals surface area contributed by atoms with E-state index in [0.717, 1.165) is 23.1 Å². The average Bonchev–Trinajstić information content (AvgIpc) is 2.70. The van der Waals surface area contributed by atoms with Gasteiger partial charge < -0.3 is 24.7 Å². The van der Waals surface area contributed by atoms with Crippen LogP contribution in [0.3, 0.4) is 0 Å². The Bertz CT molecular complexity index is 927. The molecule has 8 nitrogen and oxygen atoms in total. The summed E-state index contributed by atoms with van der Waals surface area (Å²) < 4.78 is 22.2. The van der Waals surface area contributed by atoms with Gasteiger partial charge in [-0.25, -0.2) is 9.78 Å². The Morgan fingerprint density at radius 2 is 2.10 bits per heavy atom. The number of nitrogens with two attached hydrogens (primary N) is 1. The van der Waals surface area contributed by atoms with E-state index in [1.165, 1.54) is 7.11 Å². The topological polar surface area (TPSA) is 105 Å². The van der Waals surface area contributed by atoms with Gasteiger partial charge in [0.25, 0.3) is 0 Å². The number of carbonyl (C=O) groups excluding carboxylic acids is 1. The number of anilines is 1. The van der Waals surface area contributed by atoms with E-state index in [-0.39, 0.29) is 0 Å². The Kier molecular flexibility index (Phi) is 6.36. The summed E-state index contributed by atoms with van der Waals surface area (Å²) in [7, 11) is 2.88. The van der Waals surface area contributed by atoms with Crippen molar-refractivity contribution in [1.82, 2.24) is 4.98 Å². The zero-order valence-corrected chi connectivity index (χ0v) is 18.1. The van der Waals surface area contributed by atoms with Gasteiger partial charge in [-0.15, -0.1) is 0 Å². The number of hydrogen-bond donors (Lipinski definition) is 2. The number of methoxy groups -OCH3 is 2. The van der Waals surface area contributed by atoms with Crippen LogP contribution >= 0.6 is 0 Å². The summed E-state index contributed by atoms with van der Waals surface area (Å²) >= 11 is 0. The van der Waals surface area contributed by atoms with Gasteiger partial charge in [-0.05, 0) is 43.0 Å². The molecule has 0 saturated heterocycles. The molecule has 1 atom stereocenters. The number of rotatable bonds is 7. The van der Waals surface area contributed by atoms with Crippen molar-refractivity contribution in [3.8, 4) is 28.4 Å². The van der Waals surface area contributed by atoms with Gasteiger partial charge in [0.15, 0.2) is 11.5 Å². The minimum absolute atomic E-state index is 0.329. The third kappa shape index (κ3) is 4.76. The molecular formula is C22H29N3O5. The number of carbonyl (C=O) groups is 1. The first-order valence-corrected chi connectivity index (χ1v) is 9.84. The van der Waals surface area contributed by atoms with E-state index in [1.54, 1.807) is 19.4 Å². The number of nitrogens with one attached hydrogen (secondary N) is 1. The monoisotopic (exact) mass is 415 g/mol. The Balaban J connectivity index is 1.91. The van der Waals surface area contributed by atoms with Crippen LogP contribution in [-0.2, 0) is 11.3 Å². The lowest BCUT2D eigenvalue weighted by molar-refractivity contribution is 0.187. The maximum absolute atomic E-state index is 11.5. The number of fused-ring (bicyclic) bond motifs is 3. The van der Waals surface area contributed by atoms with Gasteiger partial charge in [0.05, 0.1) is 14.2 Å². The molecule has 1 aliphatic rings. The summed E-state index contributed by atoms with van der Waals surface area (Å²) in [5.41, 5.74) is 8.55. The third-order valence-corrected chi connectivity index (χ3v) is 4.78. The Morgan fingerprint density at radius 3 is 2.77 bits per heavy atom. The fraction of sp³-hybridized carbons (Fsp3) is 0.455. The van der Waals surface area contributed by atoms with E-state index in [9.17, 15) is 4.79 Å². The number of aromatic nitrogens is 1. The largest absolute Gasteiger partial charge is 0.490 e. The molecule has 162 valence electrons. The van der Waals surface area contributed by atoms with E-state index < -0.39 is 11.6 Å². The van der Waals surface area contributed by atoms with Gasteiger partial charge in [0.2, 0.25) is 5.75 Å². The molecule has 0 aliphatic carbocycles. The summed E-state index contributed by atoms with van der Waals surface area (Å²) in [6, 6.07) is 5.53. The number of pyridine rings is 1. The smallest absolute Gasteiger partial charge is 0.412 e. The minimum Gasteiger partial charge on any atom is -0.490 e. The predicted octanol–water partition coefficient (Wildman–Crippen LogP) is 3.97. The highest BCUT2D eigenvalue weighted by molar-refractivity contribution is 5.86. The Hall–Kier alpha value is -3.00. The van der Waals surface area contributed by atoms with E-state index in [1.807, 2.05) is 19.1 Å². The van der Waals surface area contributed by atoms with Crippen LogP contribution in [0.25, 0.3) is 11.1 Å². The molecule has 0 bridgehead atoms. The van der Waals surface area contributed by atoms with E-state index >= 15 is 0 Å². The van der Waals surface area contributed by atoms with Crippen molar-refractivity contribution in [1.29, 1.82) is 0 Å². The number of amides is 1. The molecule has 0 spiro atoms. The molecule has 3 rings (SSSR count). The average molecular weight is 415 g/mol. The molecule has 30 heavy (non-hydrogen) atoms. The second-order valence-corrected chi connectivity index (χ2v) is 8.15. The number of hydrogen-bond acceptors (Lipinski definition) is 7. The highest BCUT2D eigenvalue weighted by atomic mass is 16.5. The lowest BCUT2D eigenvalue weighted by atomic mass is 9.93. The van der Waals surface area contributed by atoms with Gasteiger partial charge >= 0.3 is 6.09 Å². The molecule has 8 heteroatoms. The zero-order chi connectivity index (χ0) is 21.9. The van der Waals surface area contributed by atoms with Crippen molar-refractivity contribution >= 4 is 11.9 Å². The van der Waals surface area contributed by atoms with Crippen LogP contribution in [0.1, 0.15) is 32.8 Å². The van der Waals surface area contributed by atoms with Crippen molar-refractivity contribution in [2.24, 2.45) is 11.7 Å². The summed E-state index contributed by atoms with van der Waals surface area (Å²) in [5, 5.41) is 2.58. The molecule has 0 fully saturated rings. The van der Waals surface area contributed by atoms with E-state index in [2.05, 4.69) is 28.9 Å². The fourth-order valence-electron chi connectivity index (χ4n) is 3.66. The fourth-order valence-corrected chi connectivity index (χ4v) is 3.66. The van der Waals surface area contributed by atoms with Gasteiger partial charge in [-0.1, -0.05) is 13.8 Å². The molecule has 2 heterocycles. The maximum Gasteiger partial charge on any atom is 0.412 e. The highest BCUT2D eigenvalue weighted by Crippen LogP contribution is 2.48. The molecule has 2 aromatic rings. The lowest BCUT2D eigenvalue weighted by Gasteiger charge is -2.28. The van der Waals surface area contributed by atoms with Crippen LogP contribution in [0.15, 0.2) is 24.4 Å². The second-order valence-electron chi connectivity index (χ2n) is 8.15. The first-order chi connectivity index (χ1) is 14.2.